The average Bonchev–Trinajstić information content (AvgIpc) is 4.11. The molecule has 1 spiro atoms. The Hall–Kier alpha value is -9.30. The van der Waals surface area contributed by atoms with Crippen molar-refractivity contribution < 1.29 is 0 Å². The van der Waals surface area contributed by atoms with Gasteiger partial charge < -0.3 is 4.90 Å². The van der Waals surface area contributed by atoms with Crippen molar-refractivity contribution in [3.63, 3.8) is 0 Å². The van der Waals surface area contributed by atoms with E-state index >= 15 is 0 Å². The summed E-state index contributed by atoms with van der Waals surface area (Å²) in [5, 5.41) is 10.1. The van der Waals surface area contributed by atoms with Crippen LogP contribution in [0.25, 0.3) is 98.7 Å². The van der Waals surface area contributed by atoms with E-state index in [0.29, 0.717) is 0 Å². The summed E-state index contributed by atoms with van der Waals surface area (Å²) in [6, 6.07) is 98.8. The first-order valence-electron chi connectivity index (χ1n) is 26.4. The molecule has 0 saturated heterocycles. The largest absolute Gasteiger partial charge is 0.310 e. The molecule has 0 N–H and O–H groups in total. The summed E-state index contributed by atoms with van der Waals surface area (Å²) in [5.74, 6) is 0. The average molecular weight is 952 g/mol. The lowest BCUT2D eigenvalue weighted by Crippen LogP contribution is -2.26. The number of hydrogen-bond donors (Lipinski definition) is 0. The smallest absolute Gasteiger partial charge is 0.0726 e. The Bertz CT molecular complexity index is 4480. The van der Waals surface area contributed by atoms with Gasteiger partial charge in [-0.3, -0.25) is 0 Å². The van der Waals surface area contributed by atoms with Gasteiger partial charge in [0.1, 0.15) is 0 Å². The minimum atomic E-state index is -0.532. The van der Waals surface area contributed by atoms with Crippen molar-refractivity contribution in [1.29, 1.82) is 0 Å². The SMILES string of the molecule is CC1(C)c2ccccc2-c2cc(N(c3ccc4c5ccccc5c5ccccc5c4c3)c3cc4c(cc3-c3ccc(-c5cccc6ccccc56)cc3)-c3ccccc3C43c4ccccc4-c4ccccc43)ccc21. The molecule has 13 aromatic carbocycles. The lowest BCUT2D eigenvalue weighted by atomic mass is 9.70. The Kier molecular flexibility index (Phi) is 8.79. The molecular formula is C74H49N. The number of hydrogen-bond acceptors (Lipinski definition) is 1. The first-order chi connectivity index (χ1) is 37.0. The molecule has 0 atom stereocenters. The molecule has 0 heterocycles. The third kappa shape index (κ3) is 5.78. The van der Waals surface area contributed by atoms with Crippen LogP contribution < -0.4 is 4.90 Å². The highest BCUT2D eigenvalue weighted by atomic mass is 15.1. The van der Waals surface area contributed by atoms with Gasteiger partial charge in [0, 0.05) is 22.4 Å². The molecule has 0 aliphatic heterocycles. The molecule has 1 heteroatoms. The zero-order valence-electron chi connectivity index (χ0n) is 41.8. The summed E-state index contributed by atoms with van der Waals surface area (Å²) in [7, 11) is 0. The van der Waals surface area contributed by atoms with E-state index in [0.717, 1.165) is 22.6 Å². The molecule has 0 saturated carbocycles. The fourth-order valence-electron chi connectivity index (χ4n) is 14.2. The standard InChI is InChI=1S/C74H49N/c1-73(2)66-30-13-9-27-60(66)64-43-50(39-41-67(64)73)75(49-38-40-57-55-23-6-5-21-53(55)54-22-7-8-24-56(54)63(57)42-49)72-45-71-65(44-62(72)48-36-34-47(35-37-48)52-29-17-19-46-18-3-4-20-51(46)52)61-28-12-16-33-70(61)74(71)68-31-14-10-25-58(68)59-26-11-15-32-69(59)74/h3-45H,1-2H3. The van der Waals surface area contributed by atoms with Gasteiger partial charge in [0.05, 0.1) is 11.1 Å². The second-order valence-corrected chi connectivity index (χ2v) is 21.5. The van der Waals surface area contributed by atoms with Gasteiger partial charge in [-0.2, -0.15) is 0 Å². The van der Waals surface area contributed by atoms with Gasteiger partial charge >= 0.3 is 0 Å². The lowest BCUT2D eigenvalue weighted by Gasteiger charge is -2.33. The molecule has 0 fully saturated rings. The second kappa shape index (κ2) is 15.6. The van der Waals surface area contributed by atoms with E-state index in [4.69, 9.17) is 0 Å². The lowest BCUT2D eigenvalue weighted by molar-refractivity contribution is 0.660. The van der Waals surface area contributed by atoms with Crippen molar-refractivity contribution >= 4 is 60.2 Å². The predicted octanol–water partition coefficient (Wildman–Crippen LogP) is 19.8. The quantitative estimate of drug-likeness (QED) is 0.155. The summed E-state index contributed by atoms with van der Waals surface area (Å²) < 4.78 is 0. The van der Waals surface area contributed by atoms with Crippen molar-refractivity contribution in [2.45, 2.75) is 24.7 Å². The van der Waals surface area contributed by atoms with E-state index < -0.39 is 5.41 Å². The summed E-state index contributed by atoms with van der Waals surface area (Å²) in [6.07, 6.45) is 0. The van der Waals surface area contributed by atoms with Crippen LogP contribution in [0.5, 0.6) is 0 Å². The number of fused-ring (bicyclic) bond motifs is 20. The van der Waals surface area contributed by atoms with Crippen molar-refractivity contribution in [3.05, 3.63) is 294 Å². The van der Waals surface area contributed by atoms with Crippen LogP contribution in [0, 0.1) is 0 Å². The van der Waals surface area contributed by atoms with E-state index in [9.17, 15) is 0 Å². The van der Waals surface area contributed by atoms with Gasteiger partial charge in [0.2, 0.25) is 0 Å². The second-order valence-electron chi connectivity index (χ2n) is 21.5. The van der Waals surface area contributed by atoms with Crippen molar-refractivity contribution in [2.75, 3.05) is 4.90 Å². The molecule has 3 aliphatic rings. The Morgan fingerprint density at radius 3 is 1.29 bits per heavy atom. The first kappa shape index (κ1) is 42.2. The fraction of sp³-hybridized carbons (Fsp3) is 0.0541. The molecule has 16 rings (SSSR count). The van der Waals surface area contributed by atoms with Crippen LogP contribution >= 0.6 is 0 Å². The Balaban J connectivity index is 1.02. The third-order valence-electron chi connectivity index (χ3n) is 17.5. The minimum Gasteiger partial charge on any atom is -0.310 e. The molecular weight excluding hydrogens is 903 g/mol. The van der Waals surface area contributed by atoms with Gasteiger partial charge in [0.15, 0.2) is 0 Å². The molecule has 75 heavy (non-hydrogen) atoms. The highest BCUT2D eigenvalue weighted by Gasteiger charge is 2.52. The Labute approximate surface area is 437 Å². The zero-order chi connectivity index (χ0) is 49.6. The van der Waals surface area contributed by atoms with Crippen molar-refractivity contribution in [2.24, 2.45) is 0 Å². The molecule has 0 bridgehead atoms. The fourth-order valence-corrected chi connectivity index (χ4v) is 14.2. The van der Waals surface area contributed by atoms with Gasteiger partial charge in [-0.15, -0.1) is 0 Å². The van der Waals surface area contributed by atoms with Gasteiger partial charge in [-0.25, -0.2) is 0 Å². The van der Waals surface area contributed by atoms with Gasteiger partial charge in [-0.05, 0) is 163 Å². The van der Waals surface area contributed by atoms with E-state index in [2.05, 4.69) is 280 Å². The van der Waals surface area contributed by atoms with E-state index in [1.807, 2.05) is 0 Å². The van der Waals surface area contributed by atoms with E-state index in [1.165, 1.54) is 127 Å². The normalized spacial score (nSPS) is 13.9. The highest BCUT2D eigenvalue weighted by Crippen LogP contribution is 2.64. The predicted molar refractivity (Wildman–Crippen MR) is 316 cm³/mol. The topological polar surface area (TPSA) is 3.24 Å². The molecule has 0 aromatic heterocycles. The number of rotatable bonds is 5. The maximum absolute atomic E-state index is 2.59. The Morgan fingerprint density at radius 2 is 0.667 bits per heavy atom. The summed E-state index contributed by atoms with van der Waals surface area (Å²) in [5.41, 5.74) is 23.3. The molecule has 1 nitrogen and oxygen atoms in total. The van der Waals surface area contributed by atoms with Crippen LogP contribution in [0.15, 0.2) is 261 Å². The molecule has 350 valence electrons. The molecule has 0 unspecified atom stereocenters. The van der Waals surface area contributed by atoms with Crippen LogP contribution in [0.1, 0.15) is 47.2 Å². The molecule has 3 aliphatic carbocycles. The van der Waals surface area contributed by atoms with Gasteiger partial charge in [-0.1, -0.05) is 238 Å². The minimum absolute atomic E-state index is 0.135. The number of benzene rings is 13. The van der Waals surface area contributed by atoms with Crippen LogP contribution in [0.4, 0.5) is 17.1 Å². The van der Waals surface area contributed by atoms with Crippen molar-refractivity contribution in [1.82, 2.24) is 0 Å². The molecule has 0 radical (unpaired) electrons. The van der Waals surface area contributed by atoms with Gasteiger partial charge in [0.25, 0.3) is 0 Å². The van der Waals surface area contributed by atoms with Crippen LogP contribution in [0.2, 0.25) is 0 Å². The molecule has 13 aromatic rings. The van der Waals surface area contributed by atoms with Crippen LogP contribution in [0.3, 0.4) is 0 Å². The zero-order valence-corrected chi connectivity index (χ0v) is 41.8. The third-order valence-corrected chi connectivity index (χ3v) is 17.5. The molecule has 0 amide bonds. The maximum Gasteiger partial charge on any atom is 0.0726 e. The van der Waals surface area contributed by atoms with Crippen LogP contribution in [-0.2, 0) is 10.8 Å². The number of anilines is 3. The summed E-state index contributed by atoms with van der Waals surface area (Å²) in [6.45, 7) is 4.76. The monoisotopic (exact) mass is 951 g/mol. The highest BCUT2D eigenvalue weighted by molar-refractivity contribution is 6.26. The Morgan fingerprint density at radius 1 is 0.253 bits per heavy atom. The summed E-state index contributed by atoms with van der Waals surface area (Å²) >= 11 is 0. The number of nitrogens with zero attached hydrogens (tertiary/aromatic N) is 1. The summed E-state index contributed by atoms with van der Waals surface area (Å²) in [4.78, 5) is 2.59. The van der Waals surface area contributed by atoms with Crippen LogP contribution in [-0.4, -0.2) is 0 Å². The van der Waals surface area contributed by atoms with E-state index in [1.54, 1.807) is 0 Å². The maximum atomic E-state index is 2.59. The first-order valence-corrected chi connectivity index (χ1v) is 26.4. The van der Waals surface area contributed by atoms with E-state index in [-0.39, 0.29) is 5.41 Å². The van der Waals surface area contributed by atoms with Crippen molar-refractivity contribution in [3.8, 4) is 55.6 Å².